The second kappa shape index (κ2) is 14.0. The van der Waals surface area contributed by atoms with E-state index < -0.39 is 17.5 Å². The van der Waals surface area contributed by atoms with Crippen molar-refractivity contribution in [2.45, 2.75) is 63.2 Å². The molecular weight excluding hydrogens is 501 g/mol. The number of carbonyl (C=O) groups is 1. The van der Waals surface area contributed by atoms with Crippen molar-refractivity contribution >= 4 is 5.97 Å². The lowest BCUT2D eigenvalue weighted by molar-refractivity contribution is -0.137. The average Bonchev–Trinajstić information content (AvgIpc) is 2.97. The van der Waals surface area contributed by atoms with Crippen molar-refractivity contribution in [3.63, 3.8) is 0 Å². The van der Waals surface area contributed by atoms with Gasteiger partial charge in [-0.25, -0.2) is 18.0 Å². The summed E-state index contributed by atoms with van der Waals surface area (Å²) in [6.07, 6.45) is 9.36. The molecular formula is C33H35F3O3. The maximum Gasteiger partial charge on any atom is 0.330 e. The van der Waals surface area contributed by atoms with Crippen molar-refractivity contribution in [1.82, 2.24) is 0 Å². The minimum Gasteiger partial charge on any atom is -0.494 e. The van der Waals surface area contributed by atoms with Gasteiger partial charge in [-0.15, -0.1) is 0 Å². The summed E-state index contributed by atoms with van der Waals surface area (Å²) >= 11 is 0. The number of halogens is 3. The molecule has 206 valence electrons. The predicted molar refractivity (Wildman–Crippen MR) is 147 cm³/mol. The number of esters is 1. The SMILES string of the molecule is C=CC(=O)OCCCCCCOc1ccc(C2CCC(c3ccc(-c4cc(F)c(F)c(F)c4)cc3)CC2)cc1. The van der Waals surface area contributed by atoms with E-state index >= 15 is 0 Å². The molecule has 0 saturated heterocycles. The van der Waals surface area contributed by atoms with Gasteiger partial charge in [0, 0.05) is 6.08 Å². The number of unbranched alkanes of at least 4 members (excludes halogenated alkanes) is 3. The molecule has 39 heavy (non-hydrogen) atoms. The Labute approximate surface area is 228 Å². The van der Waals surface area contributed by atoms with E-state index in [4.69, 9.17) is 9.47 Å². The van der Waals surface area contributed by atoms with Crippen LogP contribution in [0, 0.1) is 17.5 Å². The fourth-order valence-corrected chi connectivity index (χ4v) is 5.25. The highest BCUT2D eigenvalue weighted by Gasteiger charge is 2.23. The van der Waals surface area contributed by atoms with E-state index in [-0.39, 0.29) is 5.97 Å². The number of hydrogen-bond acceptors (Lipinski definition) is 3. The lowest BCUT2D eigenvalue weighted by Gasteiger charge is -2.29. The van der Waals surface area contributed by atoms with Gasteiger partial charge in [-0.05, 0) is 110 Å². The van der Waals surface area contributed by atoms with Crippen LogP contribution < -0.4 is 4.74 Å². The molecule has 1 aliphatic carbocycles. The van der Waals surface area contributed by atoms with Gasteiger partial charge in [-0.2, -0.15) is 0 Å². The molecule has 0 radical (unpaired) electrons. The lowest BCUT2D eigenvalue weighted by Crippen LogP contribution is -2.12. The fraction of sp³-hybridized carbons (Fsp3) is 0.364. The van der Waals surface area contributed by atoms with Crippen LogP contribution in [0.5, 0.6) is 5.75 Å². The number of benzene rings is 3. The molecule has 0 heterocycles. The molecule has 0 spiro atoms. The average molecular weight is 537 g/mol. The molecule has 3 aromatic carbocycles. The summed E-state index contributed by atoms with van der Waals surface area (Å²) in [7, 11) is 0. The Morgan fingerprint density at radius 2 is 1.26 bits per heavy atom. The van der Waals surface area contributed by atoms with Crippen LogP contribution in [-0.4, -0.2) is 19.2 Å². The Kier molecular flexibility index (Phi) is 10.2. The van der Waals surface area contributed by atoms with Gasteiger partial charge in [0.2, 0.25) is 0 Å². The smallest absolute Gasteiger partial charge is 0.330 e. The minimum absolute atomic E-state index is 0.331. The highest BCUT2D eigenvalue weighted by Crippen LogP contribution is 2.41. The zero-order valence-electron chi connectivity index (χ0n) is 22.1. The van der Waals surface area contributed by atoms with Crippen molar-refractivity contribution in [3.8, 4) is 16.9 Å². The van der Waals surface area contributed by atoms with Crippen molar-refractivity contribution in [2.24, 2.45) is 0 Å². The van der Waals surface area contributed by atoms with E-state index in [1.807, 2.05) is 24.3 Å². The number of rotatable bonds is 12. The van der Waals surface area contributed by atoms with Crippen LogP contribution in [0.25, 0.3) is 11.1 Å². The van der Waals surface area contributed by atoms with E-state index in [9.17, 15) is 18.0 Å². The predicted octanol–water partition coefficient (Wildman–Crippen LogP) is 8.88. The van der Waals surface area contributed by atoms with Crippen molar-refractivity contribution < 1.29 is 27.4 Å². The maximum atomic E-state index is 13.6. The zero-order chi connectivity index (χ0) is 27.6. The molecule has 0 bridgehead atoms. The number of carbonyl (C=O) groups excluding carboxylic acids is 1. The zero-order valence-corrected chi connectivity index (χ0v) is 22.1. The topological polar surface area (TPSA) is 35.5 Å². The molecule has 4 rings (SSSR count). The summed E-state index contributed by atoms with van der Waals surface area (Å²) in [5, 5.41) is 0. The Bertz CT molecular complexity index is 1210. The van der Waals surface area contributed by atoms with Crippen LogP contribution in [0.3, 0.4) is 0 Å². The Morgan fingerprint density at radius 1 is 0.744 bits per heavy atom. The van der Waals surface area contributed by atoms with Gasteiger partial charge in [0.05, 0.1) is 13.2 Å². The van der Waals surface area contributed by atoms with Gasteiger partial charge < -0.3 is 9.47 Å². The first-order chi connectivity index (χ1) is 18.9. The van der Waals surface area contributed by atoms with E-state index in [2.05, 4.69) is 30.8 Å². The van der Waals surface area contributed by atoms with Crippen LogP contribution in [-0.2, 0) is 9.53 Å². The highest BCUT2D eigenvalue weighted by atomic mass is 19.2. The second-order valence-electron chi connectivity index (χ2n) is 10.1. The van der Waals surface area contributed by atoms with Crippen molar-refractivity contribution in [3.05, 3.63) is 102 Å². The van der Waals surface area contributed by atoms with E-state index in [0.717, 1.165) is 69.2 Å². The summed E-state index contributed by atoms with van der Waals surface area (Å²) < 4.78 is 51.3. The molecule has 1 fully saturated rings. The van der Waals surface area contributed by atoms with Crippen molar-refractivity contribution in [1.29, 1.82) is 0 Å². The molecule has 0 unspecified atom stereocenters. The third kappa shape index (κ3) is 7.98. The second-order valence-corrected chi connectivity index (χ2v) is 10.1. The fourth-order valence-electron chi connectivity index (χ4n) is 5.25. The van der Waals surface area contributed by atoms with E-state index in [1.165, 1.54) is 17.2 Å². The van der Waals surface area contributed by atoms with Gasteiger partial charge in [0.1, 0.15) is 5.75 Å². The van der Waals surface area contributed by atoms with Gasteiger partial charge in [-0.3, -0.25) is 0 Å². The molecule has 3 nitrogen and oxygen atoms in total. The first kappa shape index (κ1) is 28.5. The third-order valence-electron chi connectivity index (χ3n) is 7.50. The summed E-state index contributed by atoms with van der Waals surface area (Å²) in [6, 6.07) is 18.3. The molecule has 0 atom stereocenters. The van der Waals surface area contributed by atoms with Crippen LogP contribution in [0.2, 0.25) is 0 Å². The van der Waals surface area contributed by atoms with Gasteiger partial charge in [-0.1, -0.05) is 43.0 Å². The quantitative estimate of drug-likeness (QED) is 0.100. The summed E-state index contributed by atoms with van der Waals surface area (Å²) in [5.74, 6) is -2.31. The molecule has 0 aromatic heterocycles. The number of hydrogen-bond donors (Lipinski definition) is 0. The first-order valence-corrected chi connectivity index (χ1v) is 13.7. The first-order valence-electron chi connectivity index (χ1n) is 13.7. The normalized spacial score (nSPS) is 17.0. The Morgan fingerprint density at radius 3 is 1.79 bits per heavy atom. The Hall–Kier alpha value is -3.54. The summed E-state index contributed by atoms with van der Waals surface area (Å²) in [4.78, 5) is 11.0. The molecule has 0 aliphatic heterocycles. The van der Waals surface area contributed by atoms with Gasteiger partial charge in [0.15, 0.2) is 17.5 Å². The van der Waals surface area contributed by atoms with Crippen molar-refractivity contribution in [2.75, 3.05) is 13.2 Å². The molecule has 6 heteroatoms. The van der Waals surface area contributed by atoms with Crippen LogP contribution in [0.1, 0.15) is 74.3 Å². The van der Waals surface area contributed by atoms with Gasteiger partial charge >= 0.3 is 5.97 Å². The standard InChI is InChI=1S/C33H35F3O3/c1-2-32(37)39-20-6-4-3-5-19-38-29-17-15-26(16-18-29)25-9-7-23(8-10-25)24-11-13-27(14-12-24)28-21-30(34)33(36)31(35)22-28/h2,11-18,21-23,25H,1,3-10,19-20H2. The highest BCUT2D eigenvalue weighted by molar-refractivity contribution is 5.81. The molecule has 1 aliphatic rings. The number of ether oxygens (including phenoxy) is 2. The summed E-state index contributed by atoms with van der Waals surface area (Å²) in [6.45, 7) is 4.48. The lowest BCUT2D eigenvalue weighted by atomic mass is 9.76. The third-order valence-corrected chi connectivity index (χ3v) is 7.50. The largest absolute Gasteiger partial charge is 0.494 e. The summed E-state index contributed by atoms with van der Waals surface area (Å²) in [5.41, 5.74) is 3.56. The molecule has 0 amide bonds. The maximum absolute atomic E-state index is 13.6. The Balaban J connectivity index is 1.18. The molecule has 0 N–H and O–H groups in total. The minimum atomic E-state index is -1.44. The van der Waals surface area contributed by atoms with Crippen LogP contribution in [0.4, 0.5) is 13.2 Å². The van der Waals surface area contributed by atoms with E-state index in [1.54, 1.807) is 0 Å². The molecule has 3 aromatic rings. The van der Waals surface area contributed by atoms with Gasteiger partial charge in [0.25, 0.3) is 0 Å². The van der Waals surface area contributed by atoms with Crippen LogP contribution in [0.15, 0.2) is 73.3 Å². The van der Waals surface area contributed by atoms with E-state index in [0.29, 0.717) is 36.2 Å². The monoisotopic (exact) mass is 536 g/mol. The molecule has 1 saturated carbocycles. The van der Waals surface area contributed by atoms with Crippen LogP contribution >= 0.6 is 0 Å².